The predicted molar refractivity (Wildman–Crippen MR) is 54.0 cm³/mol. The van der Waals surface area contributed by atoms with Crippen molar-refractivity contribution in [3.05, 3.63) is 0 Å². The highest BCUT2D eigenvalue weighted by Crippen LogP contribution is 2.43. The smallest absolute Gasteiger partial charge is 0.0633 e. The molecule has 0 spiro atoms. The van der Waals surface area contributed by atoms with Gasteiger partial charge < -0.3 is 9.84 Å². The Labute approximate surface area is 85.6 Å². The van der Waals surface area contributed by atoms with E-state index in [1.54, 1.807) is 0 Å². The summed E-state index contributed by atoms with van der Waals surface area (Å²) in [5.41, 5.74) is 0. The van der Waals surface area contributed by atoms with Crippen molar-refractivity contribution in [3.8, 4) is 0 Å². The quantitative estimate of drug-likeness (QED) is 0.749. The van der Waals surface area contributed by atoms with Crippen molar-refractivity contribution in [2.75, 3.05) is 0 Å². The first-order valence-corrected chi connectivity index (χ1v) is 6.16. The Bertz CT molecular complexity index is 212. The van der Waals surface area contributed by atoms with E-state index >= 15 is 0 Å². The molecular weight excluding hydrogens is 176 g/mol. The Morgan fingerprint density at radius 1 is 1.21 bits per heavy atom. The van der Waals surface area contributed by atoms with Crippen LogP contribution < -0.4 is 0 Å². The first-order chi connectivity index (χ1) is 6.83. The minimum Gasteiger partial charge on any atom is -0.393 e. The molecule has 0 amide bonds. The van der Waals surface area contributed by atoms with Crippen LogP contribution in [0.5, 0.6) is 0 Å². The lowest BCUT2D eigenvalue weighted by Gasteiger charge is -2.31. The monoisotopic (exact) mass is 196 g/mol. The summed E-state index contributed by atoms with van der Waals surface area (Å²) in [7, 11) is 0. The first kappa shape index (κ1) is 9.17. The number of rotatable bonds is 3. The fourth-order valence-electron chi connectivity index (χ4n) is 3.33. The Balaban J connectivity index is 1.54. The van der Waals surface area contributed by atoms with Crippen LogP contribution in [0.4, 0.5) is 0 Å². The summed E-state index contributed by atoms with van der Waals surface area (Å²) in [5.74, 6) is 1.29. The summed E-state index contributed by atoms with van der Waals surface area (Å²) in [4.78, 5) is 0. The average Bonchev–Trinajstić information content (AvgIpc) is 2.71. The van der Waals surface area contributed by atoms with Crippen molar-refractivity contribution < 1.29 is 9.84 Å². The van der Waals surface area contributed by atoms with Crippen LogP contribution in [0.2, 0.25) is 0 Å². The summed E-state index contributed by atoms with van der Waals surface area (Å²) < 4.78 is 5.78. The molecule has 14 heavy (non-hydrogen) atoms. The molecule has 2 heterocycles. The summed E-state index contributed by atoms with van der Waals surface area (Å²) >= 11 is 0. The Hall–Kier alpha value is -0.0800. The maximum Gasteiger partial charge on any atom is 0.0633 e. The third-order valence-electron chi connectivity index (χ3n) is 4.45. The van der Waals surface area contributed by atoms with E-state index in [4.69, 9.17) is 4.74 Å². The van der Waals surface area contributed by atoms with E-state index in [1.807, 2.05) is 0 Å². The molecule has 4 atom stereocenters. The highest BCUT2D eigenvalue weighted by Gasteiger charge is 2.44. The van der Waals surface area contributed by atoms with Gasteiger partial charge in [-0.25, -0.2) is 0 Å². The molecule has 3 rings (SSSR count). The van der Waals surface area contributed by atoms with Crippen molar-refractivity contribution in [1.82, 2.24) is 0 Å². The van der Waals surface area contributed by atoms with E-state index in [1.165, 1.54) is 32.1 Å². The van der Waals surface area contributed by atoms with Gasteiger partial charge in [0, 0.05) is 5.92 Å². The van der Waals surface area contributed by atoms with Crippen LogP contribution in [0.3, 0.4) is 0 Å². The summed E-state index contributed by atoms with van der Waals surface area (Å²) in [6.07, 6.45) is 9.47. The maximum absolute atomic E-state index is 10.1. The summed E-state index contributed by atoms with van der Waals surface area (Å²) in [5, 5.41) is 10.1. The fourth-order valence-corrected chi connectivity index (χ4v) is 3.33. The van der Waals surface area contributed by atoms with E-state index in [0.717, 1.165) is 18.8 Å². The highest BCUT2D eigenvalue weighted by atomic mass is 16.5. The van der Waals surface area contributed by atoms with Crippen molar-refractivity contribution in [2.24, 2.45) is 11.8 Å². The van der Waals surface area contributed by atoms with Crippen molar-refractivity contribution in [2.45, 2.75) is 63.3 Å². The van der Waals surface area contributed by atoms with Crippen LogP contribution in [0.15, 0.2) is 0 Å². The van der Waals surface area contributed by atoms with Gasteiger partial charge in [0.05, 0.1) is 18.3 Å². The number of ether oxygens (including phenoxy) is 1. The third kappa shape index (κ3) is 1.49. The minimum atomic E-state index is -0.0735. The minimum absolute atomic E-state index is 0.0735. The number of aliphatic hydroxyl groups is 1. The molecule has 3 fully saturated rings. The highest BCUT2D eigenvalue weighted by molar-refractivity contribution is 4.93. The number of hydrogen-bond acceptors (Lipinski definition) is 2. The van der Waals surface area contributed by atoms with Gasteiger partial charge in [0.15, 0.2) is 0 Å². The van der Waals surface area contributed by atoms with Gasteiger partial charge in [0.1, 0.15) is 0 Å². The molecule has 2 heteroatoms. The summed E-state index contributed by atoms with van der Waals surface area (Å²) in [6.45, 7) is 0. The molecule has 2 aliphatic heterocycles. The van der Waals surface area contributed by atoms with Gasteiger partial charge >= 0.3 is 0 Å². The summed E-state index contributed by atoms with van der Waals surface area (Å²) in [6, 6.07) is 0. The Kier molecular flexibility index (Phi) is 2.29. The van der Waals surface area contributed by atoms with Crippen LogP contribution in [-0.4, -0.2) is 23.4 Å². The SMILES string of the molecule is OC(CC1CCC1)C1CC2CCC1O2. The number of fused-ring (bicyclic) bond motifs is 2. The molecule has 1 N–H and O–H groups in total. The molecule has 80 valence electrons. The predicted octanol–water partition coefficient (Wildman–Crippen LogP) is 2.10. The molecule has 2 nitrogen and oxygen atoms in total. The lowest BCUT2D eigenvalue weighted by atomic mass is 9.76. The van der Waals surface area contributed by atoms with Crippen molar-refractivity contribution in [3.63, 3.8) is 0 Å². The van der Waals surface area contributed by atoms with Gasteiger partial charge in [-0.2, -0.15) is 0 Å². The topological polar surface area (TPSA) is 29.5 Å². The zero-order valence-electron chi connectivity index (χ0n) is 8.69. The van der Waals surface area contributed by atoms with Crippen molar-refractivity contribution >= 4 is 0 Å². The van der Waals surface area contributed by atoms with Gasteiger partial charge in [-0.3, -0.25) is 0 Å². The average molecular weight is 196 g/mol. The number of aliphatic hydroxyl groups excluding tert-OH is 1. The van der Waals surface area contributed by atoms with Crippen LogP contribution >= 0.6 is 0 Å². The fraction of sp³-hybridized carbons (Fsp3) is 1.00. The second kappa shape index (κ2) is 3.49. The van der Waals surface area contributed by atoms with Gasteiger partial charge in [-0.1, -0.05) is 19.3 Å². The molecule has 2 bridgehead atoms. The molecule has 0 aromatic heterocycles. The molecule has 3 aliphatic rings. The lowest BCUT2D eigenvalue weighted by molar-refractivity contribution is 0.0230. The molecule has 0 aromatic carbocycles. The van der Waals surface area contributed by atoms with Gasteiger partial charge in [0.25, 0.3) is 0 Å². The normalized spacial score (nSPS) is 43.9. The molecular formula is C12H20O2. The van der Waals surface area contributed by atoms with Crippen LogP contribution in [0.1, 0.15) is 44.9 Å². The van der Waals surface area contributed by atoms with E-state index in [9.17, 15) is 5.11 Å². The first-order valence-electron chi connectivity index (χ1n) is 6.16. The molecule has 0 aromatic rings. The van der Waals surface area contributed by atoms with Crippen molar-refractivity contribution in [1.29, 1.82) is 0 Å². The van der Waals surface area contributed by atoms with Crippen LogP contribution in [0, 0.1) is 11.8 Å². The molecule has 0 radical (unpaired) electrons. The van der Waals surface area contributed by atoms with Gasteiger partial charge in [-0.05, 0) is 31.6 Å². The maximum atomic E-state index is 10.1. The van der Waals surface area contributed by atoms with E-state index in [0.29, 0.717) is 18.1 Å². The molecule has 4 unspecified atom stereocenters. The lowest BCUT2D eigenvalue weighted by Crippen LogP contribution is -2.32. The number of hydrogen-bond donors (Lipinski definition) is 1. The molecule has 1 aliphatic carbocycles. The van der Waals surface area contributed by atoms with E-state index in [-0.39, 0.29) is 6.10 Å². The zero-order valence-corrected chi connectivity index (χ0v) is 8.69. The largest absolute Gasteiger partial charge is 0.393 e. The molecule has 2 saturated heterocycles. The van der Waals surface area contributed by atoms with E-state index < -0.39 is 0 Å². The van der Waals surface area contributed by atoms with Gasteiger partial charge in [-0.15, -0.1) is 0 Å². The second-order valence-corrected chi connectivity index (χ2v) is 5.37. The van der Waals surface area contributed by atoms with Gasteiger partial charge in [0.2, 0.25) is 0 Å². The zero-order chi connectivity index (χ0) is 9.54. The van der Waals surface area contributed by atoms with Crippen LogP contribution in [-0.2, 0) is 4.74 Å². The Morgan fingerprint density at radius 3 is 2.57 bits per heavy atom. The standard InChI is InChI=1S/C12H20O2/c13-11(6-8-2-1-3-8)10-7-9-4-5-12(10)14-9/h8-13H,1-7H2. The molecule has 1 saturated carbocycles. The van der Waals surface area contributed by atoms with E-state index in [2.05, 4.69) is 0 Å². The van der Waals surface area contributed by atoms with Crippen LogP contribution in [0.25, 0.3) is 0 Å². The second-order valence-electron chi connectivity index (χ2n) is 5.37. The third-order valence-corrected chi connectivity index (χ3v) is 4.45. The Morgan fingerprint density at radius 2 is 2.07 bits per heavy atom.